The molecule has 7 heteroatoms. The normalized spacial score (nSPS) is 12.1. The molecule has 0 bridgehead atoms. The highest BCUT2D eigenvalue weighted by Gasteiger charge is 2.14. The summed E-state index contributed by atoms with van der Waals surface area (Å²) in [7, 11) is 0. The first-order valence-electron chi connectivity index (χ1n) is 8.99. The second-order valence-electron chi connectivity index (χ2n) is 6.68. The Morgan fingerprint density at radius 1 is 1.00 bits per heavy atom. The average molecular weight is 374 g/mol. The number of benzene rings is 1. The number of nitrogens with one attached hydrogen (secondary N) is 1. The van der Waals surface area contributed by atoms with Gasteiger partial charge in [0, 0.05) is 54.4 Å². The first kappa shape index (κ1) is 17.9. The highest BCUT2D eigenvalue weighted by atomic mass is 19.1. The Bertz CT molecular complexity index is 1110. The van der Waals surface area contributed by atoms with Crippen LogP contribution in [0.25, 0.3) is 22.3 Å². The van der Waals surface area contributed by atoms with Gasteiger partial charge in [0.25, 0.3) is 0 Å². The number of hydrogen-bond donors (Lipinski definition) is 1. The largest absolute Gasteiger partial charge is 0.369 e. The maximum Gasteiger partial charge on any atom is 0.129 e. The zero-order valence-corrected chi connectivity index (χ0v) is 15.6. The van der Waals surface area contributed by atoms with Crippen LogP contribution in [0, 0.1) is 12.7 Å². The lowest BCUT2D eigenvalue weighted by Gasteiger charge is -2.15. The molecule has 0 radical (unpaired) electrons. The van der Waals surface area contributed by atoms with Crippen molar-refractivity contribution in [1.29, 1.82) is 0 Å². The van der Waals surface area contributed by atoms with Gasteiger partial charge in [-0.2, -0.15) is 0 Å². The molecule has 3 heterocycles. The Morgan fingerprint density at radius 3 is 2.68 bits per heavy atom. The molecule has 0 amide bonds. The molecule has 0 spiro atoms. The number of anilines is 1. The maximum absolute atomic E-state index is 14.0. The van der Waals surface area contributed by atoms with Gasteiger partial charge >= 0.3 is 0 Å². The fraction of sp³-hybridized carbons (Fsp3) is 0.190. The van der Waals surface area contributed by atoms with E-state index in [2.05, 4.69) is 30.2 Å². The molecule has 0 aliphatic carbocycles. The molecule has 4 aromatic rings. The highest BCUT2D eigenvalue weighted by molar-refractivity contribution is 5.78. The van der Waals surface area contributed by atoms with Crippen LogP contribution in [-0.4, -0.2) is 31.5 Å². The maximum atomic E-state index is 14.0. The van der Waals surface area contributed by atoms with Crippen LogP contribution in [0.15, 0.2) is 55.2 Å². The number of nitrogens with zero attached hydrogens (tertiary/aromatic N) is 5. The van der Waals surface area contributed by atoms with E-state index in [1.165, 1.54) is 18.5 Å². The van der Waals surface area contributed by atoms with Gasteiger partial charge in [-0.3, -0.25) is 15.0 Å². The van der Waals surface area contributed by atoms with Crippen molar-refractivity contribution in [2.75, 3.05) is 11.9 Å². The van der Waals surface area contributed by atoms with Crippen molar-refractivity contribution in [2.45, 2.75) is 19.8 Å². The lowest BCUT2D eigenvalue weighted by molar-refractivity contribution is 0.624. The molecule has 0 saturated heterocycles. The van der Waals surface area contributed by atoms with Gasteiger partial charge < -0.3 is 5.32 Å². The molecule has 0 saturated carbocycles. The molecule has 1 unspecified atom stereocenters. The Labute approximate surface area is 162 Å². The zero-order valence-electron chi connectivity index (χ0n) is 15.6. The Morgan fingerprint density at radius 2 is 1.86 bits per heavy atom. The van der Waals surface area contributed by atoms with E-state index >= 15 is 0 Å². The standard InChI is InChI=1S/C21H19FN6/c1-13(17-7-16(22)8-19-21(17)24-6-5-23-19)10-26-20-9-18(27-12-28-20)15-4-3-14(2)25-11-15/h3-9,11-13H,10H2,1-2H3,(H,26,27,28). The summed E-state index contributed by atoms with van der Waals surface area (Å²) >= 11 is 0. The van der Waals surface area contributed by atoms with E-state index in [1.807, 2.05) is 32.0 Å². The number of pyridine rings is 1. The van der Waals surface area contributed by atoms with Crippen molar-refractivity contribution in [3.63, 3.8) is 0 Å². The summed E-state index contributed by atoms with van der Waals surface area (Å²) in [5.74, 6) is 0.393. The predicted octanol–water partition coefficient (Wildman–Crippen LogP) is 4.14. The van der Waals surface area contributed by atoms with Crippen LogP contribution < -0.4 is 5.32 Å². The first-order chi connectivity index (χ1) is 13.6. The van der Waals surface area contributed by atoms with E-state index in [1.54, 1.807) is 18.6 Å². The Kier molecular flexibility index (Phi) is 4.89. The van der Waals surface area contributed by atoms with Crippen LogP contribution in [0.2, 0.25) is 0 Å². The number of halogens is 1. The zero-order chi connectivity index (χ0) is 19.5. The van der Waals surface area contributed by atoms with Gasteiger partial charge in [-0.25, -0.2) is 14.4 Å². The van der Waals surface area contributed by atoms with Gasteiger partial charge in [0.2, 0.25) is 0 Å². The molecular weight excluding hydrogens is 355 g/mol. The molecule has 1 aromatic carbocycles. The van der Waals surface area contributed by atoms with Crippen molar-refractivity contribution in [3.8, 4) is 11.3 Å². The molecule has 1 N–H and O–H groups in total. The van der Waals surface area contributed by atoms with Gasteiger partial charge in [-0.05, 0) is 30.7 Å². The quantitative estimate of drug-likeness (QED) is 0.566. The highest BCUT2D eigenvalue weighted by Crippen LogP contribution is 2.25. The predicted molar refractivity (Wildman–Crippen MR) is 106 cm³/mol. The van der Waals surface area contributed by atoms with Crippen LogP contribution in [0.1, 0.15) is 24.1 Å². The van der Waals surface area contributed by atoms with Gasteiger partial charge in [0.05, 0.1) is 16.7 Å². The van der Waals surface area contributed by atoms with Crippen molar-refractivity contribution in [2.24, 2.45) is 0 Å². The summed E-state index contributed by atoms with van der Waals surface area (Å²) in [6, 6.07) is 8.73. The summed E-state index contributed by atoms with van der Waals surface area (Å²) in [6.07, 6.45) is 6.50. The Hall–Kier alpha value is -3.48. The first-order valence-corrected chi connectivity index (χ1v) is 8.99. The average Bonchev–Trinajstić information content (AvgIpc) is 2.72. The number of aryl methyl sites for hydroxylation is 1. The summed E-state index contributed by atoms with van der Waals surface area (Å²) in [5.41, 5.74) is 4.76. The van der Waals surface area contributed by atoms with E-state index in [-0.39, 0.29) is 11.7 Å². The van der Waals surface area contributed by atoms with Gasteiger partial charge in [-0.15, -0.1) is 0 Å². The molecule has 3 aromatic heterocycles. The molecule has 28 heavy (non-hydrogen) atoms. The SMILES string of the molecule is Cc1ccc(-c2cc(NCC(C)c3cc(F)cc4nccnc34)ncn2)cn1. The number of aromatic nitrogens is 5. The number of fused-ring (bicyclic) bond motifs is 1. The molecule has 4 rings (SSSR count). The third kappa shape index (κ3) is 3.78. The molecule has 140 valence electrons. The minimum atomic E-state index is -0.314. The molecule has 0 aliphatic heterocycles. The second kappa shape index (κ2) is 7.64. The third-order valence-electron chi connectivity index (χ3n) is 4.56. The van der Waals surface area contributed by atoms with Gasteiger partial charge in [-0.1, -0.05) is 6.92 Å². The number of hydrogen-bond acceptors (Lipinski definition) is 6. The van der Waals surface area contributed by atoms with Crippen LogP contribution in [0.3, 0.4) is 0 Å². The van der Waals surface area contributed by atoms with E-state index in [9.17, 15) is 4.39 Å². The van der Waals surface area contributed by atoms with Crippen LogP contribution >= 0.6 is 0 Å². The van der Waals surface area contributed by atoms with E-state index in [4.69, 9.17) is 0 Å². The second-order valence-corrected chi connectivity index (χ2v) is 6.68. The monoisotopic (exact) mass is 374 g/mol. The minimum Gasteiger partial charge on any atom is -0.369 e. The van der Waals surface area contributed by atoms with Gasteiger partial charge in [0.1, 0.15) is 18.0 Å². The van der Waals surface area contributed by atoms with E-state index in [0.717, 1.165) is 22.5 Å². The van der Waals surface area contributed by atoms with Crippen LogP contribution in [0.4, 0.5) is 10.2 Å². The van der Waals surface area contributed by atoms with Crippen LogP contribution in [0.5, 0.6) is 0 Å². The topological polar surface area (TPSA) is 76.5 Å². The molecule has 6 nitrogen and oxygen atoms in total. The summed E-state index contributed by atoms with van der Waals surface area (Å²) in [4.78, 5) is 21.5. The van der Waals surface area contributed by atoms with Crippen molar-refractivity contribution < 1.29 is 4.39 Å². The van der Waals surface area contributed by atoms with Crippen molar-refractivity contribution >= 4 is 16.9 Å². The smallest absolute Gasteiger partial charge is 0.129 e. The van der Waals surface area contributed by atoms with Crippen LogP contribution in [-0.2, 0) is 0 Å². The molecule has 0 fully saturated rings. The van der Waals surface area contributed by atoms with E-state index < -0.39 is 0 Å². The van der Waals surface area contributed by atoms with E-state index in [0.29, 0.717) is 23.4 Å². The fourth-order valence-electron chi connectivity index (χ4n) is 3.04. The molecule has 0 aliphatic rings. The van der Waals surface area contributed by atoms with Crippen molar-refractivity contribution in [3.05, 3.63) is 72.3 Å². The molecular formula is C21H19FN6. The van der Waals surface area contributed by atoms with Crippen molar-refractivity contribution in [1.82, 2.24) is 24.9 Å². The third-order valence-corrected chi connectivity index (χ3v) is 4.56. The Balaban J connectivity index is 1.54. The number of rotatable bonds is 5. The fourth-order valence-corrected chi connectivity index (χ4v) is 3.04. The summed E-state index contributed by atoms with van der Waals surface area (Å²) in [6.45, 7) is 4.53. The minimum absolute atomic E-state index is 0.00866. The lowest BCUT2D eigenvalue weighted by Crippen LogP contribution is -2.12. The molecule has 1 atom stereocenters. The van der Waals surface area contributed by atoms with Gasteiger partial charge in [0.15, 0.2) is 0 Å². The summed E-state index contributed by atoms with van der Waals surface area (Å²) < 4.78 is 14.0. The lowest BCUT2D eigenvalue weighted by atomic mass is 9.99. The summed E-state index contributed by atoms with van der Waals surface area (Å²) in [5, 5.41) is 3.31.